The highest BCUT2D eigenvalue weighted by molar-refractivity contribution is 5.55. The van der Waals surface area contributed by atoms with Gasteiger partial charge in [0.15, 0.2) is 11.6 Å². The Morgan fingerprint density at radius 3 is 2.91 bits per heavy atom. The maximum Gasteiger partial charge on any atom is 0.168 e. The molecule has 0 aromatic heterocycles. The predicted molar refractivity (Wildman–Crippen MR) is 37.8 cm³/mol. The van der Waals surface area contributed by atoms with E-state index in [2.05, 4.69) is 0 Å². The minimum atomic E-state index is -0.709. The van der Waals surface area contributed by atoms with E-state index in [1.54, 1.807) is 0 Å². The highest BCUT2D eigenvalue weighted by Gasteiger charge is 2.04. The zero-order chi connectivity index (χ0) is 8.27. The number of aldehydes is 1. The van der Waals surface area contributed by atoms with Crippen molar-refractivity contribution in [1.29, 1.82) is 0 Å². The topological polar surface area (TPSA) is 37.3 Å². The van der Waals surface area contributed by atoms with Crippen LogP contribution in [-0.4, -0.2) is 11.4 Å². The molecule has 0 fully saturated rings. The fourth-order valence-corrected chi connectivity index (χ4v) is 0.814. The molecule has 58 valence electrons. The Bertz CT molecular complexity index is 271. The van der Waals surface area contributed by atoms with Crippen LogP contribution < -0.4 is 0 Å². The minimum absolute atomic E-state index is 0.000231. The quantitative estimate of drug-likeness (QED) is 0.651. The summed E-state index contributed by atoms with van der Waals surface area (Å²) in [6.45, 7) is 0. The Hall–Kier alpha value is -1.38. The summed E-state index contributed by atoms with van der Waals surface area (Å²) in [6.07, 6.45) is 0.595. The molecule has 1 aromatic rings. The summed E-state index contributed by atoms with van der Waals surface area (Å²) in [7, 11) is 0. The van der Waals surface area contributed by atoms with Crippen molar-refractivity contribution in [2.75, 3.05) is 0 Å². The molecule has 0 radical (unpaired) electrons. The molecule has 0 aliphatic rings. The molecule has 11 heavy (non-hydrogen) atoms. The largest absolute Gasteiger partial charge is 0.505 e. The van der Waals surface area contributed by atoms with Crippen LogP contribution in [0.1, 0.15) is 5.56 Å². The van der Waals surface area contributed by atoms with E-state index in [0.29, 0.717) is 6.29 Å². The van der Waals surface area contributed by atoms with Crippen LogP contribution in [0.25, 0.3) is 0 Å². The van der Waals surface area contributed by atoms with Gasteiger partial charge in [-0.05, 0) is 11.6 Å². The van der Waals surface area contributed by atoms with Crippen LogP contribution >= 0.6 is 0 Å². The fourth-order valence-electron chi connectivity index (χ4n) is 0.814. The molecule has 0 aliphatic heterocycles. The molecule has 1 N–H and O–H groups in total. The van der Waals surface area contributed by atoms with Gasteiger partial charge in [-0.2, -0.15) is 0 Å². The standard InChI is InChI=1S/C8H7FO2/c9-8-6(4-5-10)2-1-3-7(8)11/h1-3,5,11H,4H2. The lowest BCUT2D eigenvalue weighted by Crippen LogP contribution is -1.90. The first-order valence-corrected chi connectivity index (χ1v) is 3.15. The summed E-state index contributed by atoms with van der Waals surface area (Å²) < 4.78 is 12.8. The number of hydrogen-bond acceptors (Lipinski definition) is 2. The van der Waals surface area contributed by atoms with Gasteiger partial charge in [0, 0.05) is 6.42 Å². The lowest BCUT2D eigenvalue weighted by atomic mass is 10.1. The van der Waals surface area contributed by atoms with Gasteiger partial charge >= 0.3 is 0 Å². The van der Waals surface area contributed by atoms with Crippen LogP contribution in [0.2, 0.25) is 0 Å². The Morgan fingerprint density at radius 1 is 1.55 bits per heavy atom. The van der Waals surface area contributed by atoms with Crippen LogP contribution in [0, 0.1) is 5.82 Å². The number of benzene rings is 1. The van der Waals surface area contributed by atoms with Crippen molar-refractivity contribution in [2.45, 2.75) is 6.42 Å². The molecule has 0 unspecified atom stereocenters. The number of phenolic OH excluding ortho intramolecular Hbond substituents is 1. The van der Waals surface area contributed by atoms with E-state index >= 15 is 0 Å². The Kier molecular flexibility index (Phi) is 2.21. The van der Waals surface area contributed by atoms with Crippen molar-refractivity contribution in [3.63, 3.8) is 0 Å². The number of hydrogen-bond donors (Lipinski definition) is 1. The molecule has 3 heteroatoms. The van der Waals surface area contributed by atoms with Crippen LogP contribution in [0.5, 0.6) is 5.75 Å². The van der Waals surface area contributed by atoms with E-state index in [0.717, 1.165) is 0 Å². The van der Waals surface area contributed by atoms with Gasteiger partial charge in [0.1, 0.15) is 6.29 Å². The van der Waals surface area contributed by atoms with Gasteiger partial charge in [-0.3, -0.25) is 0 Å². The smallest absolute Gasteiger partial charge is 0.168 e. The highest BCUT2D eigenvalue weighted by Crippen LogP contribution is 2.18. The van der Waals surface area contributed by atoms with Crippen LogP contribution in [-0.2, 0) is 11.2 Å². The number of halogens is 1. The molecule has 0 aliphatic carbocycles. The maximum absolute atomic E-state index is 12.8. The van der Waals surface area contributed by atoms with Gasteiger partial charge < -0.3 is 9.90 Å². The second-order valence-corrected chi connectivity index (χ2v) is 2.12. The average Bonchev–Trinajstić information content (AvgIpc) is 1.99. The van der Waals surface area contributed by atoms with Gasteiger partial charge in [0.25, 0.3) is 0 Å². The molecule has 0 heterocycles. The molecule has 0 spiro atoms. The first-order chi connectivity index (χ1) is 5.25. The Morgan fingerprint density at radius 2 is 2.27 bits per heavy atom. The molecule has 2 nitrogen and oxygen atoms in total. The number of rotatable bonds is 2. The van der Waals surface area contributed by atoms with Crippen LogP contribution in [0.4, 0.5) is 4.39 Å². The predicted octanol–water partition coefficient (Wildman–Crippen LogP) is 1.27. The third-order valence-electron chi connectivity index (χ3n) is 1.36. The molecule has 0 bridgehead atoms. The second-order valence-electron chi connectivity index (χ2n) is 2.12. The van der Waals surface area contributed by atoms with Crippen molar-refractivity contribution in [3.8, 4) is 5.75 Å². The summed E-state index contributed by atoms with van der Waals surface area (Å²) >= 11 is 0. The van der Waals surface area contributed by atoms with Gasteiger partial charge in [-0.1, -0.05) is 12.1 Å². The normalized spacial score (nSPS) is 9.55. The Balaban J connectivity index is 3.05. The van der Waals surface area contributed by atoms with Crippen molar-refractivity contribution in [1.82, 2.24) is 0 Å². The van der Waals surface area contributed by atoms with Crippen molar-refractivity contribution in [2.24, 2.45) is 0 Å². The summed E-state index contributed by atoms with van der Waals surface area (Å²) in [6, 6.07) is 4.20. The van der Waals surface area contributed by atoms with Crippen molar-refractivity contribution >= 4 is 6.29 Å². The average molecular weight is 154 g/mol. The van der Waals surface area contributed by atoms with E-state index in [1.807, 2.05) is 0 Å². The number of phenols is 1. The number of aromatic hydroxyl groups is 1. The number of carbonyl (C=O) groups is 1. The van der Waals surface area contributed by atoms with Crippen molar-refractivity contribution < 1.29 is 14.3 Å². The Labute approximate surface area is 63.3 Å². The van der Waals surface area contributed by atoms with Crippen LogP contribution in [0.15, 0.2) is 18.2 Å². The third kappa shape index (κ3) is 1.55. The molecule has 0 saturated carbocycles. The SMILES string of the molecule is O=CCc1cccc(O)c1F. The summed E-state index contributed by atoms with van der Waals surface area (Å²) in [5, 5.41) is 8.84. The molecule has 0 saturated heterocycles. The monoisotopic (exact) mass is 154 g/mol. The van der Waals surface area contributed by atoms with Crippen molar-refractivity contribution in [3.05, 3.63) is 29.6 Å². The third-order valence-corrected chi connectivity index (χ3v) is 1.36. The minimum Gasteiger partial charge on any atom is -0.505 e. The van der Waals surface area contributed by atoms with Gasteiger partial charge in [0.2, 0.25) is 0 Å². The first-order valence-electron chi connectivity index (χ1n) is 3.15. The first kappa shape index (κ1) is 7.72. The van der Waals surface area contributed by atoms with E-state index in [4.69, 9.17) is 5.11 Å². The molecule has 1 aromatic carbocycles. The van der Waals surface area contributed by atoms with Gasteiger partial charge in [-0.25, -0.2) is 4.39 Å². The summed E-state index contributed by atoms with van der Waals surface area (Å²) in [4.78, 5) is 9.99. The molecule has 1 rings (SSSR count). The number of carbonyl (C=O) groups excluding carboxylic acids is 1. The van der Waals surface area contributed by atoms with E-state index in [9.17, 15) is 9.18 Å². The zero-order valence-corrected chi connectivity index (χ0v) is 5.75. The molecule has 0 atom stereocenters. The molecule has 0 amide bonds. The zero-order valence-electron chi connectivity index (χ0n) is 5.75. The van der Waals surface area contributed by atoms with E-state index in [1.165, 1.54) is 18.2 Å². The lowest BCUT2D eigenvalue weighted by molar-refractivity contribution is -0.107. The van der Waals surface area contributed by atoms with Gasteiger partial charge in [0.05, 0.1) is 0 Å². The van der Waals surface area contributed by atoms with Gasteiger partial charge in [-0.15, -0.1) is 0 Å². The highest BCUT2D eigenvalue weighted by atomic mass is 19.1. The van der Waals surface area contributed by atoms with Crippen LogP contribution in [0.3, 0.4) is 0 Å². The maximum atomic E-state index is 12.8. The van der Waals surface area contributed by atoms with E-state index < -0.39 is 11.6 Å². The van der Waals surface area contributed by atoms with E-state index in [-0.39, 0.29) is 12.0 Å². The molecular weight excluding hydrogens is 147 g/mol. The second kappa shape index (κ2) is 3.14. The fraction of sp³-hybridized carbons (Fsp3) is 0.125. The lowest BCUT2D eigenvalue weighted by Gasteiger charge is -1.98. The summed E-state index contributed by atoms with van der Waals surface area (Å²) in [5.41, 5.74) is 0.222. The molecular formula is C8H7FO2. The summed E-state index contributed by atoms with van der Waals surface area (Å²) in [5.74, 6) is -1.12.